The van der Waals surface area contributed by atoms with Crippen molar-refractivity contribution in [1.29, 1.82) is 0 Å². The van der Waals surface area contributed by atoms with Crippen LogP contribution in [0.3, 0.4) is 0 Å². The van der Waals surface area contributed by atoms with Gasteiger partial charge in [0.15, 0.2) is 0 Å². The van der Waals surface area contributed by atoms with Crippen molar-refractivity contribution in [3.05, 3.63) is 98.5 Å². The molecule has 3 aromatic carbocycles. The number of hydrogen-bond donors (Lipinski definition) is 2. The fraction of sp³-hybridized carbons (Fsp3) is 0.192. The van der Waals surface area contributed by atoms with Gasteiger partial charge in [-0.3, -0.25) is 9.59 Å². The first-order valence-corrected chi connectivity index (χ1v) is 11.9. The first kappa shape index (κ1) is 26.5. The second-order valence-corrected chi connectivity index (χ2v) is 9.28. The maximum atomic E-state index is 12.7. The van der Waals surface area contributed by atoms with Crippen LogP contribution in [0.4, 0.5) is 0 Å². The molecule has 0 aromatic heterocycles. The van der Waals surface area contributed by atoms with Crippen LogP contribution in [0.15, 0.2) is 71.8 Å². The molecule has 0 heterocycles. The monoisotopic (exact) mass is 531 g/mol. The SMILES string of the molecule is CC(C)C(NC(=O)c1cccc(Cl)c1)C(=O)NN=Cc1ccccc1OCc1ccc(Cl)cc1Cl. The van der Waals surface area contributed by atoms with Gasteiger partial charge in [-0.15, -0.1) is 0 Å². The number of para-hydroxylation sites is 1. The highest BCUT2D eigenvalue weighted by Gasteiger charge is 2.24. The second-order valence-electron chi connectivity index (χ2n) is 8.00. The van der Waals surface area contributed by atoms with Crippen LogP contribution in [0.5, 0.6) is 5.75 Å². The Kier molecular flexibility index (Phi) is 9.55. The van der Waals surface area contributed by atoms with E-state index in [1.54, 1.807) is 54.6 Å². The maximum Gasteiger partial charge on any atom is 0.262 e. The lowest BCUT2D eigenvalue weighted by molar-refractivity contribution is -0.123. The van der Waals surface area contributed by atoms with E-state index in [0.717, 1.165) is 5.56 Å². The number of ether oxygens (including phenoxy) is 1. The fourth-order valence-corrected chi connectivity index (χ4v) is 3.79. The molecule has 3 aromatic rings. The van der Waals surface area contributed by atoms with Crippen molar-refractivity contribution in [1.82, 2.24) is 10.7 Å². The lowest BCUT2D eigenvalue weighted by Gasteiger charge is -2.20. The Morgan fingerprint density at radius 3 is 2.43 bits per heavy atom. The number of carbonyl (C=O) groups excluding carboxylic acids is 2. The molecule has 0 aliphatic heterocycles. The highest BCUT2D eigenvalue weighted by molar-refractivity contribution is 6.35. The normalized spacial score (nSPS) is 11.9. The largest absolute Gasteiger partial charge is 0.488 e. The van der Waals surface area contributed by atoms with E-state index in [9.17, 15) is 9.59 Å². The number of rotatable bonds is 9. The summed E-state index contributed by atoms with van der Waals surface area (Å²) in [6, 6.07) is 18.2. The Bertz CT molecular complexity index is 1230. The van der Waals surface area contributed by atoms with E-state index in [1.807, 2.05) is 26.0 Å². The molecule has 0 aliphatic rings. The summed E-state index contributed by atoms with van der Waals surface area (Å²) in [6.07, 6.45) is 1.48. The van der Waals surface area contributed by atoms with E-state index in [1.165, 1.54) is 6.21 Å². The van der Waals surface area contributed by atoms with Crippen molar-refractivity contribution in [2.45, 2.75) is 26.5 Å². The van der Waals surface area contributed by atoms with Gasteiger partial charge in [0.1, 0.15) is 18.4 Å². The Morgan fingerprint density at radius 2 is 1.71 bits per heavy atom. The minimum absolute atomic E-state index is 0.173. The molecule has 182 valence electrons. The van der Waals surface area contributed by atoms with Gasteiger partial charge in [-0.2, -0.15) is 5.10 Å². The molecule has 2 N–H and O–H groups in total. The topological polar surface area (TPSA) is 79.8 Å². The van der Waals surface area contributed by atoms with Crippen molar-refractivity contribution in [2.75, 3.05) is 0 Å². The summed E-state index contributed by atoms with van der Waals surface area (Å²) < 4.78 is 5.90. The number of carbonyl (C=O) groups is 2. The molecule has 0 bridgehead atoms. The number of nitrogens with one attached hydrogen (secondary N) is 2. The van der Waals surface area contributed by atoms with Crippen molar-refractivity contribution >= 4 is 52.8 Å². The van der Waals surface area contributed by atoms with Gasteiger partial charge in [-0.1, -0.05) is 72.9 Å². The first-order valence-electron chi connectivity index (χ1n) is 10.8. The number of nitrogens with zero attached hydrogens (tertiary/aromatic N) is 1. The van der Waals surface area contributed by atoms with Crippen molar-refractivity contribution in [3.63, 3.8) is 0 Å². The van der Waals surface area contributed by atoms with E-state index >= 15 is 0 Å². The van der Waals surface area contributed by atoms with Gasteiger partial charge in [0.25, 0.3) is 11.8 Å². The third kappa shape index (κ3) is 7.72. The summed E-state index contributed by atoms with van der Waals surface area (Å²) in [6.45, 7) is 3.90. The summed E-state index contributed by atoms with van der Waals surface area (Å²) in [4.78, 5) is 25.3. The van der Waals surface area contributed by atoms with E-state index in [4.69, 9.17) is 39.5 Å². The molecular formula is C26H24Cl3N3O3. The molecule has 3 rings (SSSR count). The minimum Gasteiger partial charge on any atom is -0.488 e. The smallest absolute Gasteiger partial charge is 0.262 e. The lowest BCUT2D eigenvalue weighted by atomic mass is 10.0. The standard InChI is InChI=1S/C26H24Cl3N3O3/c1-16(2)24(31-25(33)17-7-5-8-20(27)12-17)26(34)32-30-14-18-6-3-4-9-23(18)35-15-19-10-11-21(28)13-22(19)29/h3-14,16,24H,15H2,1-2H3,(H,31,33)(H,32,34). The van der Waals surface area contributed by atoms with Crippen LogP contribution in [0, 0.1) is 5.92 Å². The zero-order chi connectivity index (χ0) is 25.4. The molecule has 9 heteroatoms. The van der Waals surface area contributed by atoms with Crippen LogP contribution in [0.2, 0.25) is 15.1 Å². The van der Waals surface area contributed by atoms with E-state index in [-0.39, 0.29) is 12.5 Å². The van der Waals surface area contributed by atoms with Crippen molar-refractivity contribution < 1.29 is 14.3 Å². The number of halogens is 3. The Balaban J connectivity index is 1.64. The van der Waals surface area contributed by atoms with Gasteiger partial charge < -0.3 is 10.1 Å². The number of hydrazone groups is 1. The molecule has 2 amide bonds. The summed E-state index contributed by atoms with van der Waals surface area (Å²) in [7, 11) is 0. The van der Waals surface area contributed by atoms with Crippen LogP contribution in [-0.4, -0.2) is 24.1 Å². The maximum absolute atomic E-state index is 12.7. The molecule has 6 nitrogen and oxygen atoms in total. The Hall–Kier alpha value is -3.06. The lowest BCUT2D eigenvalue weighted by Crippen LogP contribution is -2.48. The predicted octanol–water partition coefficient (Wildman–Crippen LogP) is 6.13. The van der Waals surface area contributed by atoms with Gasteiger partial charge in [0, 0.05) is 31.8 Å². The second kappa shape index (κ2) is 12.6. The van der Waals surface area contributed by atoms with E-state index in [0.29, 0.717) is 31.9 Å². The van der Waals surface area contributed by atoms with Crippen LogP contribution >= 0.6 is 34.8 Å². The predicted molar refractivity (Wildman–Crippen MR) is 141 cm³/mol. The zero-order valence-electron chi connectivity index (χ0n) is 19.1. The third-order valence-electron chi connectivity index (χ3n) is 5.02. The van der Waals surface area contributed by atoms with E-state index < -0.39 is 17.9 Å². The summed E-state index contributed by atoms with van der Waals surface area (Å²) in [5.41, 5.74) is 4.30. The molecule has 0 spiro atoms. The molecule has 0 fully saturated rings. The molecule has 1 atom stereocenters. The summed E-state index contributed by atoms with van der Waals surface area (Å²) in [5.74, 6) is -0.456. The van der Waals surface area contributed by atoms with Gasteiger partial charge >= 0.3 is 0 Å². The van der Waals surface area contributed by atoms with Gasteiger partial charge in [-0.25, -0.2) is 5.43 Å². The number of hydrogen-bond acceptors (Lipinski definition) is 4. The Morgan fingerprint density at radius 1 is 0.971 bits per heavy atom. The number of benzene rings is 3. The zero-order valence-corrected chi connectivity index (χ0v) is 21.4. The van der Waals surface area contributed by atoms with E-state index in [2.05, 4.69) is 15.8 Å². The molecule has 0 saturated carbocycles. The van der Waals surface area contributed by atoms with Crippen LogP contribution in [-0.2, 0) is 11.4 Å². The Labute approximate surface area is 219 Å². The molecule has 0 saturated heterocycles. The third-order valence-corrected chi connectivity index (χ3v) is 5.84. The van der Waals surface area contributed by atoms with Crippen molar-refractivity contribution in [3.8, 4) is 5.75 Å². The molecule has 35 heavy (non-hydrogen) atoms. The van der Waals surface area contributed by atoms with Gasteiger partial charge in [0.2, 0.25) is 0 Å². The van der Waals surface area contributed by atoms with Crippen LogP contribution in [0.25, 0.3) is 0 Å². The van der Waals surface area contributed by atoms with Crippen LogP contribution < -0.4 is 15.5 Å². The first-order chi connectivity index (χ1) is 16.7. The highest BCUT2D eigenvalue weighted by Crippen LogP contribution is 2.24. The quantitative estimate of drug-likeness (QED) is 0.257. The molecule has 0 radical (unpaired) electrons. The average Bonchev–Trinajstić information content (AvgIpc) is 2.82. The number of amides is 2. The highest BCUT2D eigenvalue weighted by atomic mass is 35.5. The van der Waals surface area contributed by atoms with Gasteiger partial charge in [-0.05, 0) is 48.4 Å². The molecule has 1 unspecified atom stereocenters. The van der Waals surface area contributed by atoms with Crippen molar-refractivity contribution in [2.24, 2.45) is 11.0 Å². The average molecular weight is 533 g/mol. The van der Waals surface area contributed by atoms with Crippen LogP contribution in [0.1, 0.15) is 35.3 Å². The summed E-state index contributed by atoms with van der Waals surface area (Å²) in [5, 5.41) is 8.29. The molecular weight excluding hydrogens is 509 g/mol. The molecule has 0 aliphatic carbocycles. The summed E-state index contributed by atoms with van der Waals surface area (Å²) >= 11 is 18.1. The van der Waals surface area contributed by atoms with Gasteiger partial charge in [0.05, 0.1) is 6.21 Å². The fourth-order valence-electron chi connectivity index (χ4n) is 3.14. The minimum atomic E-state index is -0.794.